The number of ether oxygens (including phenoxy) is 3. The zero-order chi connectivity index (χ0) is 24.4. The van der Waals surface area contributed by atoms with E-state index in [9.17, 15) is 4.79 Å². The molecule has 3 N–H and O–H groups in total. The van der Waals surface area contributed by atoms with Crippen molar-refractivity contribution in [2.75, 3.05) is 13.2 Å². The largest absolute Gasteiger partial charge is 0.446 e. The summed E-state index contributed by atoms with van der Waals surface area (Å²) in [7, 11) is 1.91. The monoisotopic (exact) mass is 485 g/mol. The van der Waals surface area contributed by atoms with E-state index in [0.29, 0.717) is 19.1 Å². The highest BCUT2D eigenvalue weighted by Crippen LogP contribution is 2.33. The third-order valence-electron chi connectivity index (χ3n) is 6.86. The highest BCUT2D eigenvalue weighted by molar-refractivity contribution is 5.94. The number of hydrazine groups is 1. The van der Waals surface area contributed by atoms with Gasteiger partial charge in [-0.15, -0.1) is 0 Å². The van der Waals surface area contributed by atoms with Crippen molar-refractivity contribution < 1.29 is 19.0 Å². The lowest BCUT2D eigenvalue weighted by Gasteiger charge is -2.18. The number of amidine groups is 1. The molecule has 1 aliphatic carbocycles. The smallest absolute Gasteiger partial charge is 0.407 e. The summed E-state index contributed by atoms with van der Waals surface area (Å²) in [5.41, 5.74) is 9.98. The van der Waals surface area contributed by atoms with Gasteiger partial charge in [0.05, 0.1) is 25.0 Å². The summed E-state index contributed by atoms with van der Waals surface area (Å²) in [4.78, 5) is 21.4. The van der Waals surface area contributed by atoms with Crippen LogP contribution in [0, 0.1) is 5.92 Å². The number of carbonyl (C=O) groups is 1. The van der Waals surface area contributed by atoms with Gasteiger partial charge in [-0.05, 0) is 51.5 Å². The third kappa shape index (κ3) is 5.57. The Hall–Kier alpha value is -2.76. The number of nitrogens with zero attached hydrogens (tertiary/aromatic N) is 4. The van der Waals surface area contributed by atoms with Crippen LogP contribution in [0.5, 0.6) is 0 Å². The molecule has 11 nitrogen and oxygen atoms in total. The fourth-order valence-electron chi connectivity index (χ4n) is 5.14. The van der Waals surface area contributed by atoms with Crippen LogP contribution in [0.2, 0.25) is 0 Å². The van der Waals surface area contributed by atoms with Crippen LogP contribution in [-0.4, -0.2) is 64.2 Å². The molecular formula is C24H35N7O4. The molecule has 2 aromatic heterocycles. The Morgan fingerprint density at radius 1 is 1.34 bits per heavy atom. The Morgan fingerprint density at radius 3 is 3.03 bits per heavy atom. The lowest BCUT2D eigenvalue weighted by molar-refractivity contribution is 0.0304. The molecule has 0 radical (unpaired) electrons. The van der Waals surface area contributed by atoms with Gasteiger partial charge in [0.25, 0.3) is 0 Å². The molecule has 1 saturated carbocycles. The summed E-state index contributed by atoms with van der Waals surface area (Å²) in [6, 6.07) is 2.23. The van der Waals surface area contributed by atoms with Gasteiger partial charge in [-0.2, -0.15) is 5.10 Å². The van der Waals surface area contributed by atoms with E-state index >= 15 is 0 Å². The van der Waals surface area contributed by atoms with Crippen molar-refractivity contribution in [1.82, 2.24) is 30.9 Å². The Bertz CT molecular complexity index is 1080. The Labute approximate surface area is 205 Å². The van der Waals surface area contributed by atoms with Crippen molar-refractivity contribution in [3.8, 4) is 0 Å². The second-order valence-corrected chi connectivity index (χ2v) is 9.93. The number of rotatable bonds is 7. The third-order valence-corrected chi connectivity index (χ3v) is 6.86. The molecule has 4 heterocycles. The van der Waals surface area contributed by atoms with E-state index in [0.717, 1.165) is 67.0 Å². The average molecular weight is 486 g/mol. The number of aromatic nitrogens is 3. The number of nitrogens with one attached hydrogen (secondary N) is 3. The molecule has 11 heteroatoms. The first-order valence-corrected chi connectivity index (χ1v) is 12.5. The van der Waals surface area contributed by atoms with Crippen molar-refractivity contribution in [2.45, 2.75) is 76.9 Å². The first-order valence-electron chi connectivity index (χ1n) is 12.5. The number of aliphatic imine (C=N–C) groups is 1. The van der Waals surface area contributed by atoms with Gasteiger partial charge in [0.2, 0.25) is 0 Å². The molecule has 190 valence electrons. The predicted molar refractivity (Wildman–Crippen MR) is 130 cm³/mol. The normalized spacial score (nSPS) is 27.7. The van der Waals surface area contributed by atoms with Crippen molar-refractivity contribution in [2.24, 2.45) is 18.0 Å². The number of fused-ring (bicyclic) bond motifs is 1. The minimum Gasteiger partial charge on any atom is -0.446 e. The van der Waals surface area contributed by atoms with E-state index in [1.807, 2.05) is 31.6 Å². The number of aryl methyl sites for hydroxylation is 1. The summed E-state index contributed by atoms with van der Waals surface area (Å²) in [6.07, 6.45) is 5.98. The second kappa shape index (κ2) is 10.5. The van der Waals surface area contributed by atoms with E-state index in [-0.39, 0.29) is 30.4 Å². The number of amides is 1. The van der Waals surface area contributed by atoms with Gasteiger partial charge in [-0.1, -0.05) is 0 Å². The maximum absolute atomic E-state index is 11.9. The van der Waals surface area contributed by atoms with Crippen LogP contribution < -0.4 is 16.2 Å². The van der Waals surface area contributed by atoms with Gasteiger partial charge in [0.1, 0.15) is 28.7 Å². The van der Waals surface area contributed by atoms with Crippen molar-refractivity contribution >= 4 is 28.6 Å². The molecule has 2 aromatic rings. The van der Waals surface area contributed by atoms with Crippen LogP contribution in [0.4, 0.5) is 10.5 Å². The number of hydrogen-bond acceptors (Lipinski definition) is 8. The maximum Gasteiger partial charge on any atom is 0.407 e. The maximum atomic E-state index is 11.9. The molecule has 5 rings (SSSR count). The van der Waals surface area contributed by atoms with E-state index < -0.39 is 0 Å². The summed E-state index contributed by atoms with van der Waals surface area (Å²) < 4.78 is 18.8. The fraction of sp³-hybridized carbons (Fsp3) is 0.667. The number of carbonyl (C=O) groups excluding carboxylic acids is 1. The molecule has 3 aliphatic rings. The van der Waals surface area contributed by atoms with Crippen molar-refractivity contribution in [1.29, 1.82) is 0 Å². The molecule has 0 bridgehead atoms. The molecule has 2 saturated heterocycles. The molecule has 0 aromatic carbocycles. The summed E-state index contributed by atoms with van der Waals surface area (Å²) in [6.45, 7) is 5.64. The molecule has 4 atom stereocenters. The highest BCUT2D eigenvalue weighted by Gasteiger charge is 2.36. The first kappa shape index (κ1) is 24.0. The number of alkyl carbamates (subject to hydrolysis) is 1. The Balaban J connectivity index is 1.22. The standard InChI is InChI=1S/C24H35N7O4/c1-14(2)26-24(32)35-16-5-4-15(10-16)19-11-21(29-28-19)27-18-6-8-25-22-20(30-31(3)23(18)22)13-34-17-7-9-33-12-17/h6,8,14-17,19,28H,4-5,7,9-13H2,1-3H3,(H,26,32)(H,25,27,29)/t15-,16+,17?,19?/m0/s1. The molecular weight excluding hydrogens is 450 g/mol. The fourth-order valence-corrected chi connectivity index (χ4v) is 5.14. The van der Waals surface area contributed by atoms with E-state index in [1.165, 1.54) is 0 Å². The van der Waals surface area contributed by atoms with Crippen LogP contribution in [0.1, 0.15) is 51.6 Å². The minimum absolute atomic E-state index is 0.0350. The first-order chi connectivity index (χ1) is 17.0. The van der Waals surface area contributed by atoms with Gasteiger partial charge in [-0.25, -0.2) is 15.2 Å². The van der Waals surface area contributed by atoms with Gasteiger partial charge >= 0.3 is 6.09 Å². The molecule has 3 fully saturated rings. The Morgan fingerprint density at radius 2 is 2.23 bits per heavy atom. The predicted octanol–water partition coefficient (Wildman–Crippen LogP) is 2.47. The van der Waals surface area contributed by atoms with E-state index in [2.05, 4.69) is 26.3 Å². The van der Waals surface area contributed by atoms with Crippen LogP contribution >= 0.6 is 0 Å². The van der Waals surface area contributed by atoms with Crippen LogP contribution in [0.15, 0.2) is 17.3 Å². The van der Waals surface area contributed by atoms with Gasteiger partial charge in [-0.3, -0.25) is 9.67 Å². The SMILES string of the molecule is CC(C)NC(=O)O[C@@H]1CC[C@H](C2CC(=Nc3ccnc4c(COC5CCOC5)nn(C)c34)NN2)C1. The lowest BCUT2D eigenvalue weighted by atomic mass is 9.96. The zero-order valence-electron chi connectivity index (χ0n) is 20.6. The van der Waals surface area contributed by atoms with Crippen LogP contribution in [-0.2, 0) is 27.9 Å². The second-order valence-electron chi connectivity index (χ2n) is 9.93. The summed E-state index contributed by atoms with van der Waals surface area (Å²) in [5, 5.41) is 7.45. The van der Waals surface area contributed by atoms with Gasteiger partial charge in [0, 0.05) is 38.4 Å². The van der Waals surface area contributed by atoms with Gasteiger partial charge in [0.15, 0.2) is 0 Å². The molecule has 2 aliphatic heterocycles. The van der Waals surface area contributed by atoms with Gasteiger partial charge < -0.3 is 25.0 Å². The summed E-state index contributed by atoms with van der Waals surface area (Å²) >= 11 is 0. The summed E-state index contributed by atoms with van der Waals surface area (Å²) in [5.74, 6) is 1.30. The molecule has 2 unspecified atom stereocenters. The molecule has 1 amide bonds. The zero-order valence-corrected chi connectivity index (χ0v) is 20.6. The Kier molecular flexibility index (Phi) is 7.17. The lowest BCUT2D eigenvalue weighted by Crippen LogP contribution is -2.36. The molecule has 35 heavy (non-hydrogen) atoms. The average Bonchev–Trinajstić information content (AvgIpc) is 3.60. The van der Waals surface area contributed by atoms with Crippen LogP contribution in [0.3, 0.4) is 0 Å². The van der Waals surface area contributed by atoms with Crippen LogP contribution in [0.25, 0.3) is 11.0 Å². The highest BCUT2D eigenvalue weighted by atomic mass is 16.6. The topological polar surface area (TPSA) is 124 Å². The van der Waals surface area contributed by atoms with E-state index in [1.54, 1.807) is 6.20 Å². The van der Waals surface area contributed by atoms with E-state index in [4.69, 9.17) is 19.2 Å². The minimum atomic E-state index is -0.329. The number of hydrogen-bond donors (Lipinski definition) is 3. The quantitative estimate of drug-likeness (QED) is 0.546. The molecule has 0 spiro atoms. The van der Waals surface area contributed by atoms with Crippen molar-refractivity contribution in [3.63, 3.8) is 0 Å². The van der Waals surface area contributed by atoms with Crippen molar-refractivity contribution in [3.05, 3.63) is 18.0 Å². The number of pyridine rings is 1.